The van der Waals surface area contributed by atoms with Gasteiger partial charge in [-0.2, -0.15) is 0 Å². The Bertz CT molecular complexity index is 519. The van der Waals surface area contributed by atoms with Crippen molar-refractivity contribution in [3.05, 3.63) is 46.7 Å². The van der Waals surface area contributed by atoms with Gasteiger partial charge in [0.25, 0.3) is 5.69 Å². The maximum Gasteiger partial charge on any atom is 0.323 e. The van der Waals surface area contributed by atoms with Crippen molar-refractivity contribution in [2.45, 2.75) is 32.1 Å². The van der Waals surface area contributed by atoms with E-state index < -0.39 is 4.92 Å². The van der Waals surface area contributed by atoms with Crippen LogP contribution in [0.5, 0.6) is 0 Å². The van der Waals surface area contributed by atoms with Crippen LogP contribution in [0.3, 0.4) is 0 Å². The van der Waals surface area contributed by atoms with Crippen molar-refractivity contribution in [1.82, 2.24) is 5.32 Å². The van der Waals surface area contributed by atoms with Crippen LogP contribution in [0.4, 0.5) is 16.2 Å². The summed E-state index contributed by atoms with van der Waals surface area (Å²) in [7, 11) is 0. The van der Waals surface area contributed by atoms with E-state index in [-0.39, 0.29) is 11.7 Å². The Morgan fingerprint density at radius 1 is 1.19 bits per heavy atom. The quantitative estimate of drug-likeness (QED) is 0.653. The second kappa shape index (κ2) is 7.42. The number of nitrogens with one attached hydrogen (secondary N) is 2. The van der Waals surface area contributed by atoms with Crippen molar-refractivity contribution in [3.8, 4) is 0 Å². The van der Waals surface area contributed by atoms with E-state index in [1.165, 1.54) is 56.4 Å². The first-order chi connectivity index (χ1) is 10.1. The predicted octanol–water partition coefficient (Wildman–Crippen LogP) is 3.81. The number of benzene rings is 1. The third-order valence-electron chi connectivity index (χ3n) is 3.57. The lowest BCUT2D eigenvalue weighted by molar-refractivity contribution is -0.384. The maximum absolute atomic E-state index is 11.7. The topological polar surface area (TPSA) is 84.3 Å². The normalized spacial score (nSPS) is 15.8. The van der Waals surface area contributed by atoms with Gasteiger partial charge < -0.3 is 10.6 Å². The third-order valence-corrected chi connectivity index (χ3v) is 3.57. The molecule has 2 amide bonds. The van der Waals surface area contributed by atoms with Gasteiger partial charge in [0.1, 0.15) is 0 Å². The first kappa shape index (κ1) is 15.0. The molecule has 1 fully saturated rings. The molecule has 1 saturated carbocycles. The average Bonchev–Trinajstić information content (AvgIpc) is 2.49. The molecule has 0 aliphatic heterocycles. The summed E-state index contributed by atoms with van der Waals surface area (Å²) in [6.07, 6.45) is 9.89. The summed E-state index contributed by atoms with van der Waals surface area (Å²) in [5, 5.41) is 15.8. The molecule has 0 radical (unpaired) electrons. The molecule has 2 N–H and O–H groups in total. The van der Waals surface area contributed by atoms with Gasteiger partial charge in [-0.15, -0.1) is 0 Å². The highest BCUT2D eigenvalue weighted by atomic mass is 16.6. The summed E-state index contributed by atoms with van der Waals surface area (Å²) in [5.41, 5.74) is 0.516. The smallest absolute Gasteiger partial charge is 0.315 e. The fraction of sp³-hybridized carbons (Fsp3) is 0.400. The number of amides is 2. The molecule has 0 bridgehead atoms. The molecule has 21 heavy (non-hydrogen) atoms. The Balaban J connectivity index is 1.78. The van der Waals surface area contributed by atoms with Gasteiger partial charge in [-0.25, -0.2) is 4.79 Å². The zero-order chi connectivity index (χ0) is 15.1. The summed E-state index contributed by atoms with van der Waals surface area (Å²) < 4.78 is 0. The highest BCUT2D eigenvalue weighted by Gasteiger charge is 2.10. The van der Waals surface area contributed by atoms with Crippen LogP contribution in [0.2, 0.25) is 0 Å². The molecule has 0 heterocycles. The monoisotopic (exact) mass is 289 g/mol. The van der Waals surface area contributed by atoms with Gasteiger partial charge in [0.15, 0.2) is 0 Å². The molecule has 1 aromatic carbocycles. The molecule has 0 unspecified atom stereocenters. The van der Waals surface area contributed by atoms with Gasteiger partial charge in [-0.3, -0.25) is 10.1 Å². The number of hydrogen-bond acceptors (Lipinski definition) is 3. The minimum Gasteiger partial charge on any atom is -0.315 e. The second-order valence-electron chi connectivity index (χ2n) is 5.16. The van der Waals surface area contributed by atoms with Crippen LogP contribution in [0.1, 0.15) is 32.1 Å². The molecule has 112 valence electrons. The van der Waals surface area contributed by atoms with Crippen LogP contribution in [-0.4, -0.2) is 11.0 Å². The van der Waals surface area contributed by atoms with Gasteiger partial charge in [-0.1, -0.05) is 25.3 Å². The van der Waals surface area contributed by atoms with Gasteiger partial charge in [-0.05, 0) is 30.9 Å². The number of non-ortho nitro benzene ring substituents is 1. The van der Waals surface area contributed by atoms with Crippen LogP contribution >= 0.6 is 0 Å². The standard InChI is InChI=1S/C15H19N3O3/c19-15(16-11-10-12-4-2-1-3-5-12)17-13-6-8-14(9-7-13)18(20)21/h6-12H,1-5H2,(H2,16,17,19)/b11-10+. The lowest BCUT2D eigenvalue weighted by atomic mass is 9.89. The Hall–Kier alpha value is -2.37. The van der Waals surface area contributed by atoms with E-state index in [4.69, 9.17) is 0 Å². The number of rotatable bonds is 4. The summed E-state index contributed by atoms with van der Waals surface area (Å²) in [5.74, 6) is 0.554. The molecule has 6 heteroatoms. The van der Waals surface area contributed by atoms with Crippen LogP contribution in [0.25, 0.3) is 0 Å². The number of anilines is 1. The Kier molecular flexibility index (Phi) is 5.31. The molecule has 1 aliphatic carbocycles. The van der Waals surface area contributed by atoms with E-state index >= 15 is 0 Å². The Morgan fingerprint density at radius 2 is 1.86 bits per heavy atom. The number of nitrogens with zero attached hydrogens (tertiary/aromatic N) is 1. The van der Waals surface area contributed by atoms with Gasteiger partial charge in [0, 0.05) is 24.0 Å². The highest BCUT2D eigenvalue weighted by molar-refractivity contribution is 5.89. The summed E-state index contributed by atoms with van der Waals surface area (Å²) in [6.45, 7) is 0. The van der Waals surface area contributed by atoms with Crippen molar-refractivity contribution in [2.24, 2.45) is 5.92 Å². The van der Waals surface area contributed by atoms with Crippen molar-refractivity contribution in [1.29, 1.82) is 0 Å². The fourth-order valence-electron chi connectivity index (χ4n) is 2.42. The van der Waals surface area contributed by atoms with E-state index in [1.807, 2.05) is 6.08 Å². The molecular formula is C15H19N3O3. The molecule has 2 rings (SSSR count). The van der Waals surface area contributed by atoms with Crippen LogP contribution < -0.4 is 10.6 Å². The number of hydrogen-bond donors (Lipinski definition) is 2. The molecule has 6 nitrogen and oxygen atoms in total. The zero-order valence-corrected chi connectivity index (χ0v) is 11.7. The zero-order valence-electron chi connectivity index (χ0n) is 11.7. The number of urea groups is 1. The first-order valence-corrected chi connectivity index (χ1v) is 7.14. The molecule has 0 aromatic heterocycles. The fourth-order valence-corrected chi connectivity index (χ4v) is 2.42. The van der Waals surface area contributed by atoms with E-state index in [1.54, 1.807) is 6.20 Å². The van der Waals surface area contributed by atoms with E-state index in [9.17, 15) is 14.9 Å². The van der Waals surface area contributed by atoms with Crippen molar-refractivity contribution < 1.29 is 9.72 Å². The van der Waals surface area contributed by atoms with Crippen molar-refractivity contribution >= 4 is 17.4 Å². The van der Waals surface area contributed by atoms with Crippen molar-refractivity contribution in [3.63, 3.8) is 0 Å². The predicted molar refractivity (Wildman–Crippen MR) is 81.0 cm³/mol. The number of carbonyl (C=O) groups is 1. The van der Waals surface area contributed by atoms with E-state index in [0.29, 0.717) is 11.6 Å². The number of allylic oxidation sites excluding steroid dienone is 1. The lowest BCUT2D eigenvalue weighted by Gasteiger charge is -2.17. The van der Waals surface area contributed by atoms with Crippen LogP contribution in [0, 0.1) is 16.0 Å². The summed E-state index contributed by atoms with van der Waals surface area (Å²) >= 11 is 0. The summed E-state index contributed by atoms with van der Waals surface area (Å²) in [6, 6.07) is 5.36. The molecule has 0 atom stereocenters. The van der Waals surface area contributed by atoms with Gasteiger partial charge in [0.05, 0.1) is 4.92 Å². The largest absolute Gasteiger partial charge is 0.323 e. The Labute approximate surface area is 123 Å². The second-order valence-corrected chi connectivity index (χ2v) is 5.16. The van der Waals surface area contributed by atoms with Crippen LogP contribution in [0.15, 0.2) is 36.5 Å². The number of nitro groups is 1. The molecule has 1 aromatic rings. The lowest BCUT2D eigenvalue weighted by Crippen LogP contribution is -2.24. The molecule has 1 aliphatic rings. The SMILES string of the molecule is O=C(N/C=C/C1CCCCC1)Nc1ccc([N+](=O)[O-])cc1. The van der Waals surface area contributed by atoms with Gasteiger partial charge in [0.2, 0.25) is 0 Å². The minimum absolute atomic E-state index is 0.00171. The van der Waals surface area contributed by atoms with E-state index in [0.717, 1.165) is 0 Å². The Morgan fingerprint density at radius 3 is 2.48 bits per heavy atom. The third kappa shape index (κ3) is 4.91. The minimum atomic E-state index is -0.475. The summed E-state index contributed by atoms with van der Waals surface area (Å²) in [4.78, 5) is 21.7. The molecule has 0 spiro atoms. The average molecular weight is 289 g/mol. The van der Waals surface area contributed by atoms with E-state index in [2.05, 4.69) is 10.6 Å². The van der Waals surface area contributed by atoms with Crippen LogP contribution in [-0.2, 0) is 0 Å². The maximum atomic E-state index is 11.7. The highest BCUT2D eigenvalue weighted by Crippen LogP contribution is 2.24. The van der Waals surface area contributed by atoms with Crippen molar-refractivity contribution in [2.75, 3.05) is 5.32 Å². The first-order valence-electron chi connectivity index (χ1n) is 7.14. The molecular weight excluding hydrogens is 270 g/mol. The van der Waals surface area contributed by atoms with Gasteiger partial charge >= 0.3 is 6.03 Å². The number of carbonyl (C=O) groups excluding carboxylic acids is 1. The molecule has 0 saturated heterocycles. The number of nitro benzene ring substituents is 1.